The molecule has 104 valence electrons. The zero-order valence-corrected chi connectivity index (χ0v) is 12.2. The zero-order chi connectivity index (χ0) is 14.5. The van der Waals surface area contributed by atoms with Gasteiger partial charge in [-0.15, -0.1) is 11.3 Å². The standard InChI is InChI=1S/C15H16N2O2S/c1-10-3-8-13(20-10)15(19)17-9-11-4-6-12(7-5-11)14(18)16-2/h3-8H,9H2,1-2H3,(H,16,18)(H,17,19). The molecule has 0 saturated heterocycles. The quantitative estimate of drug-likeness (QED) is 0.907. The van der Waals surface area contributed by atoms with Gasteiger partial charge in [0.1, 0.15) is 0 Å². The first kappa shape index (κ1) is 14.3. The summed E-state index contributed by atoms with van der Waals surface area (Å²) in [5, 5.41) is 5.43. The Balaban J connectivity index is 1.94. The molecule has 2 rings (SSSR count). The summed E-state index contributed by atoms with van der Waals surface area (Å²) < 4.78 is 0. The number of thiophene rings is 1. The molecule has 0 unspecified atom stereocenters. The van der Waals surface area contributed by atoms with Gasteiger partial charge in [-0.25, -0.2) is 0 Å². The molecule has 4 nitrogen and oxygen atoms in total. The van der Waals surface area contributed by atoms with Crippen molar-refractivity contribution in [1.29, 1.82) is 0 Å². The van der Waals surface area contributed by atoms with Crippen LogP contribution in [0.4, 0.5) is 0 Å². The summed E-state index contributed by atoms with van der Waals surface area (Å²) in [4.78, 5) is 25.1. The van der Waals surface area contributed by atoms with E-state index in [9.17, 15) is 9.59 Å². The van der Waals surface area contributed by atoms with Crippen molar-refractivity contribution in [3.63, 3.8) is 0 Å². The highest BCUT2D eigenvalue weighted by molar-refractivity contribution is 7.13. The maximum absolute atomic E-state index is 11.9. The minimum atomic E-state index is -0.116. The highest BCUT2D eigenvalue weighted by Gasteiger charge is 2.08. The van der Waals surface area contributed by atoms with Crippen molar-refractivity contribution in [3.05, 3.63) is 57.3 Å². The van der Waals surface area contributed by atoms with Crippen LogP contribution in [0.15, 0.2) is 36.4 Å². The molecule has 0 aliphatic heterocycles. The van der Waals surface area contributed by atoms with Crippen LogP contribution in [0.1, 0.15) is 30.5 Å². The van der Waals surface area contributed by atoms with Crippen LogP contribution in [-0.2, 0) is 6.54 Å². The van der Waals surface area contributed by atoms with Gasteiger partial charge in [0.2, 0.25) is 0 Å². The van der Waals surface area contributed by atoms with Gasteiger partial charge in [0, 0.05) is 24.0 Å². The normalized spacial score (nSPS) is 10.1. The number of nitrogens with one attached hydrogen (secondary N) is 2. The van der Waals surface area contributed by atoms with E-state index in [0.717, 1.165) is 10.4 Å². The molecule has 2 amide bonds. The molecule has 5 heteroatoms. The van der Waals surface area contributed by atoms with E-state index in [1.54, 1.807) is 19.2 Å². The molecule has 0 aliphatic carbocycles. The van der Waals surface area contributed by atoms with Gasteiger partial charge in [-0.05, 0) is 36.8 Å². The van der Waals surface area contributed by atoms with E-state index in [4.69, 9.17) is 0 Å². The molecule has 0 fully saturated rings. The summed E-state index contributed by atoms with van der Waals surface area (Å²) in [6.45, 7) is 2.42. The second kappa shape index (κ2) is 6.34. The zero-order valence-electron chi connectivity index (χ0n) is 11.4. The van der Waals surface area contributed by atoms with Crippen LogP contribution in [0.2, 0.25) is 0 Å². The number of rotatable bonds is 4. The second-order valence-corrected chi connectivity index (χ2v) is 5.66. The van der Waals surface area contributed by atoms with Gasteiger partial charge in [0.15, 0.2) is 0 Å². The third kappa shape index (κ3) is 3.45. The SMILES string of the molecule is CNC(=O)c1ccc(CNC(=O)c2ccc(C)s2)cc1. The summed E-state index contributed by atoms with van der Waals surface area (Å²) in [6.07, 6.45) is 0. The van der Waals surface area contributed by atoms with E-state index in [0.29, 0.717) is 17.0 Å². The molecule has 0 spiro atoms. The van der Waals surface area contributed by atoms with E-state index in [1.807, 2.05) is 31.2 Å². The predicted octanol–water partition coefficient (Wildman–Crippen LogP) is 2.35. The molecule has 0 aliphatic rings. The van der Waals surface area contributed by atoms with Crippen molar-refractivity contribution in [3.8, 4) is 0 Å². The Hall–Kier alpha value is -2.14. The Bertz CT molecular complexity index is 617. The van der Waals surface area contributed by atoms with E-state index < -0.39 is 0 Å². The Morgan fingerprint density at radius 2 is 1.75 bits per heavy atom. The average molecular weight is 288 g/mol. The second-order valence-electron chi connectivity index (χ2n) is 4.37. The minimum absolute atomic E-state index is 0.0709. The van der Waals surface area contributed by atoms with Crippen molar-refractivity contribution >= 4 is 23.2 Å². The molecule has 1 aromatic heterocycles. The van der Waals surface area contributed by atoms with Crippen LogP contribution in [0, 0.1) is 6.92 Å². The average Bonchev–Trinajstić information content (AvgIpc) is 2.91. The summed E-state index contributed by atoms with van der Waals surface area (Å²) in [6, 6.07) is 10.9. The molecule has 0 saturated carbocycles. The van der Waals surface area contributed by atoms with Gasteiger partial charge in [-0.2, -0.15) is 0 Å². The molecule has 0 bridgehead atoms. The molecule has 1 aromatic carbocycles. The Morgan fingerprint density at radius 1 is 1.05 bits per heavy atom. The number of carbonyl (C=O) groups excluding carboxylic acids is 2. The number of carbonyl (C=O) groups is 2. The summed E-state index contributed by atoms with van der Waals surface area (Å²) in [7, 11) is 1.60. The van der Waals surface area contributed by atoms with Crippen LogP contribution in [-0.4, -0.2) is 18.9 Å². The first-order valence-electron chi connectivity index (χ1n) is 6.26. The van der Waals surface area contributed by atoms with Crippen LogP contribution in [0.25, 0.3) is 0 Å². The van der Waals surface area contributed by atoms with Crippen molar-refractivity contribution in [2.45, 2.75) is 13.5 Å². The fraction of sp³-hybridized carbons (Fsp3) is 0.200. The molecule has 2 N–H and O–H groups in total. The fourth-order valence-electron chi connectivity index (χ4n) is 1.74. The number of hydrogen-bond donors (Lipinski definition) is 2. The van der Waals surface area contributed by atoms with Crippen LogP contribution >= 0.6 is 11.3 Å². The van der Waals surface area contributed by atoms with Crippen LogP contribution in [0.3, 0.4) is 0 Å². The van der Waals surface area contributed by atoms with Crippen molar-refractivity contribution in [1.82, 2.24) is 10.6 Å². The van der Waals surface area contributed by atoms with Gasteiger partial charge in [-0.3, -0.25) is 9.59 Å². The molecule has 1 heterocycles. The maximum atomic E-state index is 11.9. The topological polar surface area (TPSA) is 58.2 Å². The molecule has 0 radical (unpaired) electrons. The summed E-state index contributed by atoms with van der Waals surface area (Å²) in [5.41, 5.74) is 1.57. The largest absolute Gasteiger partial charge is 0.355 e. The third-order valence-electron chi connectivity index (χ3n) is 2.86. The first-order valence-corrected chi connectivity index (χ1v) is 7.07. The highest BCUT2D eigenvalue weighted by Crippen LogP contribution is 2.14. The Morgan fingerprint density at radius 3 is 2.30 bits per heavy atom. The van der Waals surface area contributed by atoms with Gasteiger partial charge in [-0.1, -0.05) is 12.1 Å². The van der Waals surface area contributed by atoms with Gasteiger partial charge >= 0.3 is 0 Å². The number of aryl methyl sites for hydroxylation is 1. The van der Waals surface area contributed by atoms with E-state index in [2.05, 4.69) is 10.6 Å². The highest BCUT2D eigenvalue weighted by atomic mass is 32.1. The lowest BCUT2D eigenvalue weighted by atomic mass is 10.1. The van der Waals surface area contributed by atoms with Crippen molar-refractivity contribution in [2.75, 3.05) is 7.05 Å². The minimum Gasteiger partial charge on any atom is -0.355 e. The van der Waals surface area contributed by atoms with Crippen molar-refractivity contribution in [2.24, 2.45) is 0 Å². The summed E-state index contributed by atoms with van der Waals surface area (Å²) >= 11 is 1.48. The van der Waals surface area contributed by atoms with Gasteiger partial charge in [0.25, 0.3) is 11.8 Å². The molecule has 2 aromatic rings. The summed E-state index contributed by atoms with van der Waals surface area (Å²) in [5.74, 6) is -0.187. The molecular formula is C15H16N2O2S. The van der Waals surface area contributed by atoms with Gasteiger partial charge < -0.3 is 10.6 Å². The monoisotopic (exact) mass is 288 g/mol. The van der Waals surface area contributed by atoms with E-state index >= 15 is 0 Å². The lowest BCUT2D eigenvalue weighted by Gasteiger charge is -2.05. The lowest BCUT2D eigenvalue weighted by molar-refractivity contribution is 0.0949. The third-order valence-corrected chi connectivity index (χ3v) is 3.86. The lowest BCUT2D eigenvalue weighted by Crippen LogP contribution is -2.22. The molecular weight excluding hydrogens is 272 g/mol. The maximum Gasteiger partial charge on any atom is 0.261 e. The van der Waals surface area contributed by atoms with Crippen LogP contribution < -0.4 is 10.6 Å². The number of benzene rings is 1. The van der Waals surface area contributed by atoms with Gasteiger partial charge in [0.05, 0.1) is 4.88 Å². The first-order chi connectivity index (χ1) is 9.60. The number of amides is 2. The van der Waals surface area contributed by atoms with E-state index in [-0.39, 0.29) is 11.8 Å². The predicted molar refractivity (Wildman–Crippen MR) is 80.1 cm³/mol. The Kier molecular flexibility index (Phi) is 4.53. The van der Waals surface area contributed by atoms with E-state index in [1.165, 1.54) is 11.3 Å². The molecule has 20 heavy (non-hydrogen) atoms. The number of hydrogen-bond acceptors (Lipinski definition) is 3. The van der Waals surface area contributed by atoms with Crippen LogP contribution in [0.5, 0.6) is 0 Å². The molecule has 0 atom stereocenters. The Labute approximate surface area is 121 Å². The fourth-order valence-corrected chi connectivity index (χ4v) is 2.53. The smallest absolute Gasteiger partial charge is 0.261 e. The van der Waals surface area contributed by atoms with Crippen molar-refractivity contribution < 1.29 is 9.59 Å².